The van der Waals surface area contributed by atoms with Crippen LogP contribution in [-0.4, -0.2) is 56.5 Å². The number of rotatable bonds is 7. The molecule has 1 N–H and O–H groups in total. The van der Waals surface area contributed by atoms with Crippen LogP contribution < -0.4 is 10.1 Å². The van der Waals surface area contributed by atoms with Crippen molar-refractivity contribution >= 4 is 27.3 Å². The average Bonchev–Trinajstić information content (AvgIpc) is 2.77. The number of amides is 1. The van der Waals surface area contributed by atoms with Crippen molar-refractivity contribution in [1.82, 2.24) is 4.31 Å². The lowest BCUT2D eigenvalue weighted by atomic mass is 10.1. The SMILES string of the molecule is O=C(COc1ccc(S(=O)(=O)N2CCOCC2)cc1[N+](=O)[O-])Nc1ccccc1C(F)(F)F. The normalized spacial score (nSPS) is 15.1. The number of nitro groups is 1. The molecule has 0 radical (unpaired) electrons. The van der Waals surface area contributed by atoms with Crippen molar-refractivity contribution in [3.63, 3.8) is 0 Å². The van der Waals surface area contributed by atoms with Crippen LogP contribution in [0, 0.1) is 10.1 Å². The summed E-state index contributed by atoms with van der Waals surface area (Å²) in [5, 5.41) is 13.5. The number of sulfonamides is 1. The monoisotopic (exact) mass is 489 g/mol. The second-order valence-electron chi connectivity index (χ2n) is 6.78. The van der Waals surface area contributed by atoms with E-state index in [-0.39, 0.29) is 31.2 Å². The number of ether oxygens (including phenoxy) is 2. The third kappa shape index (κ3) is 5.77. The van der Waals surface area contributed by atoms with Crippen LogP contribution >= 0.6 is 0 Å². The van der Waals surface area contributed by atoms with Crippen molar-refractivity contribution in [1.29, 1.82) is 0 Å². The summed E-state index contributed by atoms with van der Waals surface area (Å²) in [7, 11) is -4.02. The molecule has 0 spiro atoms. The number of nitrogens with zero attached hydrogens (tertiary/aromatic N) is 2. The number of nitrogens with one attached hydrogen (secondary N) is 1. The van der Waals surface area contributed by atoms with Gasteiger partial charge in [0.1, 0.15) is 0 Å². The summed E-state index contributed by atoms with van der Waals surface area (Å²) in [6, 6.07) is 7.20. The number of alkyl halides is 3. The first-order valence-electron chi connectivity index (χ1n) is 9.45. The highest BCUT2D eigenvalue weighted by molar-refractivity contribution is 7.89. The van der Waals surface area contributed by atoms with Crippen LogP contribution in [0.4, 0.5) is 24.5 Å². The molecule has 2 aromatic carbocycles. The van der Waals surface area contributed by atoms with E-state index in [0.717, 1.165) is 40.7 Å². The predicted octanol–water partition coefficient (Wildman–Crippen LogP) is 2.65. The Morgan fingerprint density at radius 2 is 1.85 bits per heavy atom. The van der Waals surface area contributed by atoms with Gasteiger partial charge in [0.05, 0.1) is 34.3 Å². The van der Waals surface area contributed by atoms with Gasteiger partial charge >= 0.3 is 11.9 Å². The molecule has 1 amide bonds. The van der Waals surface area contributed by atoms with E-state index in [1.165, 1.54) is 6.07 Å². The lowest BCUT2D eigenvalue weighted by molar-refractivity contribution is -0.386. The minimum atomic E-state index is -4.70. The van der Waals surface area contributed by atoms with Gasteiger partial charge in [-0.1, -0.05) is 12.1 Å². The van der Waals surface area contributed by atoms with Gasteiger partial charge in [-0.2, -0.15) is 17.5 Å². The number of carbonyl (C=O) groups is 1. The van der Waals surface area contributed by atoms with Crippen molar-refractivity contribution in [2.24, 2.45) is 0 Å². The zero-order chi connectivity index (χ0) is 24.2. The second-order valence-corrected chi connectivity index (χ2v) is 8.72. The molecule has 0 aliphatic carbocycles. The smallest absolute Gasteiger partial charge is 0.418 e. The Bertz CT molecular complexity index is 1150. The largest absolute Gasteiger partial charge is 0.477 e. The van der Waals surface area contributed by atoms with Crippen molar-refractivity contribution < 1.29 is 40.8 Å². The minimum Gasteiger partial charge on any atom is -0.477 e. The Hall–Kier alpha value is -3.23. The molecule has 1 aliphatic heterocycles. The third-order valence-corrected chi connectivity index (χ3v) is 6.49. The van der Waals surface area contributed by atoms with E-state index in [1.54, 1.807) is 0 Å². The van der Waals surface area contributed by atoms with Gasteiger partial charge in [0, 0.05) is 19.2 Å². The summed E-state index contributed by atoms with van der Waals surface area (Å²) in [5.41, 5.74) is -2.28. The predicted molar refractivity (Wildman–Crippen MR) is 108 cm³/mol. The maximum absolute atomic E-state index is 13.0. The fourth-order valence-corrected chi connectivity index (χ4v) is 4.46. The maximum Gasteiger partial charge on any atom is 0.418 e. The van der Waals surface area contributed by atoms with Crippen molar-refractivity contribution in [3.8, 4) is 5.75 Å². The first-order chi connectivity index (χ1) is 15.5. The topological polar surface area (TPSA) is 128 Å². The standard InChI is InChI=1S/C19H18F3N3O7S/c20-19(21,22)14-3-1-2-4-15(14)23-18(26)12-32-17-6-5-13(11-16(17)25(27)28)33(29,30)24-7-9-31-10-8-24/h1-6,11H,7-10,12H2,(H,23,26). The molecule has 1 aliphatic rings. The van der Waals surface area contributed by atoms with E-state index in [2.05, 4.69) is 0 Å². The van der Waals surface area contributed by atoms with E-state index in [4.69, 9.17) is 9.47 Å². The number of morpholine rings is 1. The van der Waals surface area contributed by atoms with Gasteiger partial charge in [-0.05, 0) is 24.3 Å². The molecule has 178 valence electrons. The van der Waals surface area contributed by atoms with Gasteiger partial charge in [0.25, 0.3) is 5.91 Å². The molecule has 10 nitrogen and oxygen atoms in total. The van der Waals surface area contributed by atoms with Crippen LogP contribution in [0.25, 0.3) is 0 Å². The molecule has 0 bridgehead atoms. The van der Waals surface area contributed by atoms with E-state index < -0.39 is 56.3 Å². The fraction of sp³-hybridized carbons (Fsp3) is 0.316. The molecule has 0 saturated carbocycles. The first-order valence-corrected chi connectivity index (χ1v) is 10.9. The minimum absolute atomic E-state index is 0.0912. The van der Waals surface area contributed by atoms with Crippen molar-refractivity contribution in [3.05, 3.63) is 58.1 Å². The van der Waals surface area contributed by atoms with Crippen LogP contribution in [0.1, 0.15) is 5.56 Å². The fourth-order valence-electron chi connectivity index (χ4n) is 3.03. The van der Waals surface area contributed by atoms with Gasteiger partial charge in [0.15, 0.2) is 12.4 Å². The number of para-hydroxylation sites is 1. The summed E-state index contributed by atoms with van der Waals surface area (Å²) in [6.45, 7) is -0.283. The molecule has 0 unspecified atom stereocenters. The highest BCUT2D eigenvalue weighted by atomic mass is 32.2. The highest BCUT2D eigenvalue weighted by Crippen LogP contribution is 2.35. The third-order valence-electron chi connectivity index (χ3n) is 4.60. The molecule has 1 saturated heterocycles. The Morgan fingerprint density at radius 3 is 2.48 bits per heavy atom. The van der Waals surface area contributed by atoms with Crippen LogP contribution in [0.15, 0.2) is 47.4 Å². The van der Waals surface area contributed by atoms with Crippen molar-refractivity contribution in [2.45, 2.75) is 11.1 Å². The molecule has 1 heterocycles. The van der Waals surface area contributed by atoms with E-state index >= 15 is 0 Å². The van der Waals surface area contributed by atoms with Crippen molar-refractivity contribution in [2.75, 3.05) is 38.2 Å². The molecule has 33 heavy (non-hydrogen) atoms. The molecular weight excluding hydrogens is 471 g/mol. The highest BCUT2D eigenvalue weighted by Gasteiger charge is 2.34. The summed E-state index contributed by atoms with van der Waals surface area (Å²) in [4.78, 5) is 22.3. The quantitative estimate of drug-likeness (QED) is 0.468. The number of nitro benzene ring substituents is 1. The van der Waals surface area contributed by atoms with Crippen LogP contribution in [0.5, 0.6) is 5.75 Å². The summed E-state index contributed by atoms with van der Waals surface area (Å²) in [6.07, 6.45) is -4.70. The molecule has 0 aromatic heterocycles. The maximum atomic E-state index is 13.0. The molecule has 1 fully saturated rings. The number of anilines is 1. The van der Waals surface area contributed by atoms with Crippen LogP contribution in [-0.2, 0) is 25.7 Å². The van der Waals surface area contributed by atoms with Gasteiger partial charge < -0.3 is 14.8 Å². The van der Waals surface area contributed by atoms with Gasteiger partial charge in [-0.3, -0.25) is 14.9 Å². The van der Waals surface area contributed by atoms with E-state index in [9.17, 15) is 36.5 Å². The van der Waals surface area contributed by atoms with Gasteiger partial charge in [-0.25, -0.2) is 8.42 Å². The Balaban J connectivity index is 1.75. The number of benzene rings is 2. The number of carbonyl (C=O) groups excluding carboxylic acids is 1. The first kappa shape index (κ1) is 24.4. The summed E-state index contributed by atoms with van der Waals surface area (Å²) < 4.78 is 75.9. The lowest BCUT2D eigenvalue weighted by Crippen LogP contribution is -2.40. The Kier molecular flexibility index (Phi) is 7.19. The zero-order valence-electron chi connectivity index (χ0n) is 16.9. The molecule has 3 rings (SSSR count). The second kappa shape index (κ2) is 9.72. The summed E-state index contributed by atoms with van der Waals surface area (Å²) >= 11 is 0. The Morgan fingerprint density at radius 1 is 1.18 bits per heavy atom. The number of hydrogen-bond donors (Lipinski definition) is 1. The molecule has 0 atom stereocenters. The average molecular weight is 489 g/mol. The van der Waals surface area contributed by atoms with Crippen LogP contribution in [0.3, 0.4) is 0 Å². The molecular formula is C19H18F3N3O7S. The van der Waals surface area contributed by atoms with E-state index in [0.29, 0.717) is 0 Å². The van der Waals surface area contributed by atoms with E-state index in [1.807, 2.05) is 5.32 Å². The van der Waals surface area contributed by atoms with Crippen LogP contribution in [0.2, 0.25) is 0 Å². The van der Waals surface area contributed by atoms with Gasteiger partial charge in [-0.15, -0.1) is 0 Å². The molecule has 2 aromatic rings. The van der Waals surface area contributed by atoms with Gasteiger partial charge in [0.2, 0.25) is 10.0 Å². The number of hydrogen-bond acceptors (Lipinski definition) is 7. The summed E-state index contributed by atoms with van der Waals surface area (Å²) in [5.74, 6) is -1.41. The molecule has 14 heteroatoms. The number of halogens is 3. The Labute approximate surface area is 186 Å². The lowest BCUT2D eigenvalue weighted by Gasteiger charge is -2.26. The zero-order valence-corrected chi connectivity index (χ0v) is 17.7.